The first-order valence-corrected chi connectivity index (χ1v) is 6.06. The summed E-state index contributed by atoms with van der Waals surface area (Å²) in [5, 5.41) is 3.33. The van der Waals surface area contributed by atoms with Crippen LogP contribution in [0.25, 0.3) is 11.1 Å². The van der Waals surface area contributed by atoms with Crippen molar-refractivity contribution in [1.82, 2.24) is 10.3 Å². The van der Waals surface area contributed by atoms with Crippen molar-refractivity contribution in [3.8, 4) is 5.75 Å². The van der Waals surface area contributed by atoms with Crippen molar-refractivity contribution in [2.45, 2.75) is 25.9 Å². The molecule has 0 spiro atoms. The van der Waals surface area contributed by atoms with Gasteiger partial charge < -0.3 is 14.5 Å². The standard InChI is InChI=1S/C13H16N2O2/c1-9-15-13-11(16-9)3-2-4-12(13)17-10-5-7-14-8-6-10/h2-4,10,14H,5-8H2,1H3. The molecule has 90 valence electrons. The predicted molar refractivity (Wildman–Crippen MR) is 65.3 cm³/mol. The van der Waals surface area contributed by atoms with Crippen molar-refractivity contribution in [2.24, 2.45) is 0 Å². The maximum atomic E-state index is 6.02. The Morgan fingerprint density at radius 1 is 1.35 bits per heavy atom. The fourth-order valence-electron chi connectivity index (χ4n) is 2.22. The number of ether oxygens (including phenoxy) is 1. The molecule has 0 amide bonds. The van der Waals surface area contributed by atoms with E-state index < -0.39 is 0 Å². The van der Waals surface area contributed by atoms with E-state index in [0.29, 0.717) is 12.0 Å². The Morgan fingerprint density at radius 2 is 2.18 bits per heavy atom. The summed E-state index contributed by atoms with van der Waals surface area (Å²) in [7, 11) is 0. The van der Waals surface area contributed by atoms with Crippen LogP contribution in [-0.2, 0) is 0 Å². The van der Waals surface area contributed by atoms with E-state index >= 15 is 0 Å². The van der Waals surface area contributed by atoms with Crippen LogP contribution >= 0.6 is 0 Å². The van der Waals surface area contributed by atoms with Gasteiger partial charge in [-0.2, -0.15) is 0 Å². The van der Waals surface area contributed by atoms with Gasteiger partial charge in [-0.3, -0.25) is 0 Å². The first-order chi connectivity index (χ1) is 8.33. The number of para-hydroxylation sites is 1. The van der Waals surface area contributed by atoms with Crippen LogP contribution in [0.2, 0.25) is 0 Å². The number of benzene rings is 1. The molecular weight excluding hydrogens is 216 g/mol. The number of piperidine rings is 1. The van der Waals surface area contributed by atoms with E-state index in [1.54, 1.807) is 0 Å². The molecule has 0 unspecified atom stereocenters. The van der Waals surface area contributed by atoms with E-state index in [9.17, 15) is 0 Å². The number of aromatic nitrogens is 1. The largest absolute Gasteiger partial charge is 0.488 e. The number of fused-ring (bicyclic) bond motifs is 1. The number of aryl methyl sites for hydroxylation is 1. The van der Waals surface area contributed by atoms with Crippen LogP contribution in [0, 0.1) is 6.92 Å². The topological polar surface area (TPSA) is 47.3 Å². The molecule has 2 heterocycles. The first kappa shape index (κ1) is 10.6. The number of rotatable bonds is 2. The van der Waals surface area contributed by atoms with E-state index in [1.165, 1.54) is 0 Å². The van der Waals surface area contributed by atoms with Gasteiger partial charge in [0.15, 0.2) is 17.0 Å². The molecule has 3 rings (SSSR count). The van der Waals surface area contributed by atoms with Gasteiger partial charge in [0.05, 0.1) is 0 Å². The molecule has 1 aromatic carbocycles. The van der Waals surface area contributed by atoms with Crippen LogP contribution in [0.15, 0.2) is 22.6 Å². The van der Waals surface area contributed by atoms with Gasteiger partial charge in [-0.25, -0.2) is 4.98 Å². The highest BCUT2D eigenvalue weighted by Crippen LogP contribution is 2.27. The molecule has 0 saturated carbocycles. The molecule has 0 radical (unpaired) electrons. The van der Waals surface area contributed by atoms with E-state index in [4.69, 9.17) is 9.15 Å². The lowest BCUT2D eigenvalue weighted by molar-refractivity contribution is 0.164. The van der Waals surface area contributed by atoms with Crippen LogP contribution in [0.1, 0.15) is 18.7 Å². The van der Waals surface area contributed by atoms with Gasteiger partial charge in [-0.05, 0) is 38.1 Å². The van der Waals surface area contributed by atoms with Crippen molar-refractivity contribution < 1.29 is 9.15 Å². The highest BCUT2D eigenvalue weighted by Gasteiger charge is 2.17. The number of hydrogen-bond acceptors (Lipinski definition) is 4. The van der Waals surface area contributed by atoms with Crippen molar-refractivity contribution in [1.29, 1.82) is 0 Å². The zero-order chi connectivity index (χ0) is 11.7. The Bertz CT molecular complexity index is 515. The second-order valence-electron chi connectivity index (χ2n) is 4.40. The van der Waals surface area contributed by atoms with Gasteiger partial charge in [0.1, 0.15) is 11.9 Å². The molecule has 1 N–H and O–H groups in total. The van der Waals surface area contributed by atoms with Gasteiger partial charge in [0.2, 0.25) is 0 Å². The minimum atomic E-state index is 0.291. The summed E-state index contributed by atoms with van der Waals surface area (Å²) in [5.41, 5.74) is 1.64. The summed E-state index contributed by atoms with van der Waals surface area (Å²) in [6.07, 6.45) is 2.39. The van der Waals surface area contributed by atoms with Crippen LogP contribution < -0.4 is 10.1 Å². The summed E-state index contributed by atoms with van der Waals surface area (Å²) in [6.45, 7) is 3.91. The molecule has 0 bridgehead atoms. The second-order valence-corrected chi connectivity index (χ2v) is 4.40. The van der Waals surface area contributed by atoms with Crippen LogP contribution in [0.4, 0.5) is 0 Å². The molecule has 4 heteroatoms. The van der Waals surface area contributed by atoms with Crippen LogP contribution in [0.3, 0.4) is 0 Å². The lowest BCUT2D eigenvalue weighted by Crippen LogP contribution is -2.34. The van der Waals surface area contributed by atoms with Gasteiger partial charge >= 0.3 is 0 Å². The molecule has 0 atom stereocenters. The predicted octanol–water partition coefficient (Wildman–Crippen LogP) is 2.27. The van der Waals surface area contributed by atoms with Crippen molar-refractivity contribution in [2.75, 3.05) is 13.1 Å². The molecule has 1 aromatic heterocycles. The molecule has 4 nitrogen and oxygen atoms in total. The van der Waals surface area contributed by atoms with Gasteiger partial charge in [-0.1, -0.05) is 6.07 Å². The smallest absolute Gasteiger partial charge is 0.192 e. The second kappa shape index (κ2) is 4.37. The molecule has 1 fully saturated rings. The normalized spacial score (nSPS) is 17.5. The van der Waals surface area contributed by atoms with Crippen molar-refractivity contribution in [3.05, 3.63) is 24.1 Å². The van der Waals surface area contributed by atoms with Crippen molar-refractivity contribution in [3.63, 3.8) is 0 Å². The first-order valence-electron chi connectivity index (χ1n) is 6.06. The van der Waals surface area contributed by atoms with Gasteiger partial charge in [0.25, 0.3) is 0 Å². The van der Waals surface area contributed by atoms with E-state index in [1.807, 2.05) is 25.1 Å². The fraction of sp³-hybridized carbons (Fsp3) is 0.462. The summed E-state index contributed by atoms with van der Waals surface area (Å²) in [6, 6.07) is 5.83. The molecule has 1 saturated heterocycles. The summed E-state index contributed by atoms with van der Waals surface area (Å²) >= 11 is 0. The maximum absolute atomic E-state index is 6.02. The zero-order valence-electron chi connectivity index (χ0n) is 9.90. The average molecular weight is 232 g/mol. The number of oxazole rings is 1. The monoisotopic (exact) mass is 232 g/mol. The quantitative estimate of drug-likeness (QED) is 0.862. The average Bonchev–Trinajstić information content (AvgIpc) is 2.72. The van der Waals surface area contributed by atoms with Gasteiger partial charge in [0, 0.05) is 6.92 Å². The Balaban J connectivity index is 1.88. The van der Waals surface area contributed by atoms with Crippen molar-refractivity contribution >= 4 is 11.1 Å². The lowest BCUT2D eigenvalue weighted by Gasteiger charge is -2.23. The third-order valence-electron chi connectivity index (χ3n) is 3.07. The molecule has 1 aliphatic rings. The van der Waals surface area contributed by atoms with Crippen LogP contribution in [-0.4, -0.2) is 24.2 Å². The molecule has 1 aliphatic heterocycles. The molecular formula is C13H16N2O2. The SMILES string of the molecule is Cc1nc2c(OC3CCNCC3)cccc2o1. The highest BCUT2D eigenvalue weighted by atomic mass is 16.5. The van der Waals surface area contributed by atoms with Crippen LogP contribution in [0.5, 0.6) is 5.75 Å². The summed E-state index contributed by atoms with van der Waals surface area (Å²) < 4.78 is 11.5. The third kappa shape index (κ3) is 2.13. The minimum absolute atomic E-state index is 0.291. The van der Waals surface area contributed by atoms with E-state index in [0.717, 1.165) is 42.8 Å². The fourth-order valence-corrected chi connectivity index (χ4v) is 2.22. The molecule has 2 aromatic rings. The Labute approximate surface area is 100.0 Å². The van der Waals surface area contributed by atoms with E-state index in [-0.39, 0.29) is 0 Å². The third-order valence-corrected chi connectivity index (χ3v) is 3.07. The summed E-state index contributed by atoms with van der Waals surface area (Å²) in [5.74, 6) is 1.52. The Morgan fingerprint density at radius 3 is 3.00 bits per heavy atom. The Kier molecular flexibility index (Phi) is 2.73. The number of nitrogens with zero attached hydrogens (tertiary/aromatic N) is 1. The highest BCUT2D eigenvalue weighted by molar-refractivity contribution is 5.79. The molecule has 17 heavy (non-hydrogen) atoms. The Hall–Kier alpha value is -1.55. The zero-order valence-corrected chi connectivity index (χ0v) is 9.90. The minimum Gasteiger partial charge on any atom is -0.488 e. The summed E-state index contributed by atoms with van der Waals surface area (Å²) in [4.78, 5) is 4.37. The maximum Gasteiger partial charge on any atom is 0.192 e. The van der Waals surface area contributed by atoms with Gasteiger partial charge in [-0.15, -0.1) is 0 Å². The lowest BCUT2D eigenvalue weighted by atomic mass is 10.1. The van der Waals surface area contributed by atoms with E-state index in [2.05, 4.69) is 10.3 Å². The molecule has 0 aliphatic carbocycles. The number of nitrogens with one attached hydrogen (secondary N) is 1. The number of hydrogen-bond donors (Lipinski definition) is 1.